The summed E-state index contributed by atoms with van der Waals surface area (Å²) >= 11 is 4.71. The maximum Gasteiger partial charge on any atom is 0.244 e. The van der Waals surface area contributed by atoms with Crippen LogP contribution in [0, 0.1) is 6.92 Å². The molecule has 2 heterocycles. The van der Waals surface area contributed by atoms with Crippen LogP contribution in [0.1, 0.15) is 22.9 Å². The van der Waals surface area contributed by atoms with E-state index in [9.17, 15) is 8.42 Å². The van der Waals surface area contributed by atoms with Crippen LogP contribution in [0.4, 0.5) is 5.82 Å². The summed E-state index contributed by atoms with van der Waals surface area (Å²) in [5, 5.41) is 3.51. The zero-order valence-corrected chi connectivity index (χ0v) is 14.9. The van der Waals surface area contributed by atoms with Crippen molar-refractivity contribution in [3.63, 3.8) is 0 Å². The number of anilines is 1. The first kappa shape index (κ1) is 16.3. The second-order valence-electron chi connectivity index (χ2n) is 4.40. The Kier molecular flexibility index (Phi) is 4.97. The summed E-state index contributed by atoms with van der Waals surface area (Å²) in [6.45, 7) is 3.69. The van der Waals surface area contributed by atoms with Crippen LogP contribution in [-0.2, 0) is 10.0 Å². The second kappa shape index (κ2) is 6.39. The standard InChI is InChI=1S/C12H15BrN4O2S2/c1-7-5-16-12(20-7)8(2)17-21(18,19)10-4-9(13)6-15-11(10)14-3/h4-6,8,17H,1-3H3,(H,14,15). The Morgan fingerprint density at radius 1 is 1.33 bits per heavy atom. The average molecular weight is 391 g/mol. The van der Waals surface area contributed by atoms with Crippen molar-refractivity contribution < 1.29 is 8.42 Å². The van der Waals surface area contributed by atoms with Crippen molar-refractivity contribution in [2.75, 3.05) is 12.4 Å². The Labute approximate surface area is 136 Å². The second-order valence-corrected chi connectivity index (χ2v) is 8.27. The number of hydrogen-bond acceptors (Lipinski definition) is 6. The Bertz CT molecular complexity index is 745. The predicted molar refractivity (Wildman–Crippen MR) is 87.1 cm³/mol. The van der Waals surface area contributed by atoms with E-state index in [1.165, 1.54) is 17.4 Å². The van der Waals surface area contributed by atoms with Crippen LogP contribution in [0.15, 0.2) is 27.8 Å². The summed E-state index contributed by atoms with van der Waals surface area (Å²) in [5.41, 5.74) is 0. The first-order valence-electron chi connectivity index (χ1n) is 6.11. The SMILES string of the molecule is CNc1ncc(Br)cc1S(=O)(=O)NC(C)c1ncc(C)s1. The third-order valence-corrected chi connectivity index (χ3v) is 5.77. The number of nitrogens with zero attached hydrogens (tertiary/aromatic N) is 2. The van der Waals surface area contributed by atoms with Gasteiger partial charge in [-0.25, -0.2) is 23.1 Å². The van der Waals surface area contributed by atoms with Gasteiger partial charge in [0.05, 0.1) is 6.04 Å². The Hall–Kier alpha value is -1.03. The van der Waals surface area contributed by atoms with Gasteiger partial charge in [-0.2, -0.15) is 0 Å². The summed E-state index contributed by atoms with van der Waals surface area (Å²) in [5.74, 6) is 0.299. The molecule has 21 heavy (non-hydrogen) atoms. The van der Waals surface area contributed by atoms with Crippen LogP contribution in [0.5, 0.6) is 0 Å². The predicted octanol–water partition coefficient (Wildman–Crippen LogP) is 2.69. The number of aromatic nitrogens is 2. The van der Waals surface area contributed by atoms with Crippen molar-refractivity contribution in [2.24, 2.45) is 0 Å². The molecule has 2 aromatic heterocycles. The molecule has 114 valence electrons. The quantitative estimate of drug-likeness (QED) is 0.819. The van der Waals surface area contributed by atoms with Gasteiger partial charge < -0.3 is 5.32 Å². The highest BCUT2D eigenvalue weighted by Gasteiger charge is 2.23. The molecular weight excluding hydrogens is 376 g/mol. The molecule has 0 saturated carbocycles. The maximum atomic E-state index is 12.5. The third kappa shape index (κ3) is 3.79. The molecule has 0 fully saturated rings. The number of sulfonamides is 1. The Morgan fingerprint density at radius 2 is 2.05 bits per heavy atom. The number of hydrogen-bond donors (Lipinski definition) is 2. The molecule has 2 N–H and O–H groups in total. The molecule has 0 saturated heterocycles. The van der Waals surface area contributed by atoms with Crippen LogP contribution in [0.25, 0.3) is 0 Å². The van der Waals surface area contributed by atoms with E-state index in [2.05, 4.69) is 35.9 Å². The summed E-state index contributed by atoms with van der Waals surface area (Å²) in [4.78, 5) is 9.40. The minimum Gasteiger partial charge on any atom is -0.372 e. The van der Waals surface area contributed by atoms with Gasteiger partial charge in [0.2, 0.25) is 10.0 Å². The fourth-order valence-corrected chi connectivity index (χ4v) is 4.46. The third-order valence-electron chi connectivity index (χ3n) is 2.69. The van der Waals surface area contributed by atoms with Gasteiger partial charge in [-0.15, -0.1) is 11.3 Å². The fraction of sp³-hybridized carbons (Fsp3) is 0.333. The molecule has 0 bridgehead atoms. The van der Waals surface area contributed by atoms with Crippen LogP contribution < -0.4 is 10.0 Å². The van der Waals surface area contributed by atoms with Crippen molar-refractivity contribution >= 4 is 43.1 Å². The zero-order chi connectivity index (χ0) is 15.6. The summed E-state index contributed by atoms with van der Waals surface area (Å²) < 4.78 is 28.3. The molecule has 0 radical (unpaired) electrons. The number of aryl methyl sites for hydroxylation is 1. The highest BCUT2D eigenvalue weighted by Crippen LogP contribution is 2.25. The molecule has 0 aliphatic heterocycles. The van der Waals surface area contributed by atoms with E-state index in [0.29, 0.717) is 10.3 Å². The lowest BCUT2D eigenvalue weighted by atomic mass is 10.4. The molecule has 2 rings (SSSR count). The van der Waals surface area contributed by atoms with Crippen LogP contribution >= 0.6 is 27.3 Å². The molecule has 1 atom stereocenters. The van der Waals surface area contributed by atoms with Gasteiger partial charge in [0, 0.05) is 28.8 Å². The van der Waals surface area contributed by atoms with Gasteiger partial charge >= 0.3 is 0 Å². The molecule has 0 aliphatic rings. The fourth-order valence-electron chi connectivity index (χ4n) is 1.73. The van der Waals surface area contributed by atoms with Gasteiger partial charge in [0.15, 0.2) is 0 Å². The number of thiazole rings is 1. The smallest absolute Gasteiger partial charge is 0.244 e. The highest BCUT2D eigenvalue weighted by molar-refractivity contribution is 9.10. The Balaban J connectivity index is 2.32. The molecule has 1 unspecified atom stereocenters. The molecule has 0 aromatic carbocycles. The summed E-state index contributed by atoms with van der Waals surface area (Å²) in [6, 6.07) is 1.11. The van der Waals surface area contributed by atoms with Gasteiger partial charge in [-0.05, 0) is 35.8 Å². The van der Waals surface area contributed by atoms with Crippen LogP contribution in [-0.4, -0.2) is 25.4 Å². The molecule has 0 amide bonds. The van der Waals surface area contributed by atoms with E-state index in [4.69, 9.17) is 0 Å². The lowest BCUT2D eigenvalue weighted by Crippen LogP contribution is -2.27. The monoisotopic (exact) mass is 390 g/mol. The number of rotatable bonds is 5. The largest absolute Gasteiger partial charge is 0.372 e. The first-order valence-corrected chi connectivity index (χ1v) is 9.20. The molecule has 6 nitrogen and oxygen atoms in total. The van der Waals surface area contributed by atoms with Gasteiger partial charge in [-0.1, -0.05) is 0 Å². The summed E-state index contributed by atoms with van der Waals surface area (Å²) in [6.07, 6.45) is 3.27. The normalized spacial score (nSPS) is 13.1. The number of nitrogens with one attached hydrogen (secondary N) is 2. The van der Waals surface area contributed by atoms with Crippen molar-refractivity contribution in [2.45, 2.75) is 24.8 Å². The van der Waals surface area contributed by atoms with Crippen molar-refractivity contribution in [3.05, 3.63) is 32.8 Å². The molecule has 0 aliphatic carbocycles. The van der Waals surface area contributed by atoms with E-state index in [1.807, 2.05) is 6.92 Å². The number of pyridine rings is 1. The maximum absolute atomic E-state index is 12.5. The van der Waals surface area contributed by atoms with Crippen molar-refractivity contribution in [1.29, 1.82) is 0 Å². The highest BCUT2D eigenvalue weighted by atomic mass is 79.9. The summed E-state index contributed by atoms with van der Waals surface area (Å²) in [7, 11) is -2.07. The van der Waals surface area contributed by atoms with E-state index in [-0.39, 0.29) is 4.90 Å². The number of halogens is 1. The lowest BCUT2D eigenvalue weighted by Gasteiger charge is -2.14. The van der Waals surface area contributed by atoms with E-state index in [1.54, 1.807) is 26.4 Å². The van der Waals surface area contributed by atoms with Gasteiger partial charge in [0.25, 0.3) is 0 Å². The molecule has 9 heteroatoms. The molecule has 2 aromatic rings. The lowest BCUT2D eigenvalue weighted by molar-refractivity contribution is 0.566. The van der Waals surface area contributed by atoms with E-state index >= 15 is 0 Å². The van der Waals surface area contributed by atoms with Crippen LogP contribution in [0.2, 0.25) is 0 Å². The topological polar surface area (TPSA) is 84.0 Å². The van der Waals surface area contributed by atoms with Crippen molar-refractivity contribution in [3.8, 4) is 0 Å². The molecular formula is C12H15BrN4O2S2. The zero-order valence-electron chi connectivity index (χ0n) is 11.7. The molecule has 0 spiro atoms. The van der Waals surface area contributed by atoms with Crippen molar-refractivity contribution in [1.82, 2.24) is 14.7 Å². The minimum atomic E-state index is -3.70. The first-order chi connectivity index (χ1) is 9.83. The minimum absolute atomic E-state index is 0.0968. The van der Waals surface area contributed by atoms with Gasteiger partial charge in [0.1, 0.15) is 15.7 Å². The Morgan fingerprint density at radius 3 is 2.62 bits per heavy atom. The van der Waals surface area contributed by atoms with E-state index in [0.717, 1.165) is 9.88 Å². The van der Waals surface area contributed by atoms with Gasteiger partial charge in [-0.3, -0.25) is 0 Å². The van der Waals surface area contributed by atoms with E-state index < -0.39 is 16.1 Å². The average Bonchev–Trinajstić information content (AvgIpc) is 2.85. The van der Waals surface area contributed by atoms with Crippen LogP contribution in [0.3, 0.4) is 0 Å².